The number of aromatic nitrogens is 4. The smallest absolute Gasteiger partial charge is 0.317 e. The van der Waals surface area contributed by atoms with Crippen LogP contribution in [-0.2, 0) is 6.54 Å². The van der Waals surface area contributed by atoms with Gasteiger partial charge in [0.1, 0.15) is 5.82 Å². The van der Waals surface area contributed by atoms with Crippen molar-refractivity contribution in [3.8, 4) is 0 Å². The highest BCUT2D eigenvalue weighted by atomic mass is 16.2. The Kier molecular flexibility index (Phi) is 5.02. The Bertz CT molecular complexity index is 594. The molecule has 1 N–H and O–H groups in total. The largest absolute Gasteiger partial charge is 0.352 e. The number of rotatable bonds is 5. The van der Waals surface area contributed by atoms with Crippen LogP contribution in [0.15, 0.2) is 37.3 Å². The second kappa shape index (κ2) is 7.57. The van der Waals surface area contributed by atoms with Gasteiger partial charge in [-0.1, -0.05) is 0 Å². The van der Waals surface area contributed by atoms with Gasteiger partial charge < -0.3 is 19.7 Å². The first kappa shape index (κ1) is 15.3. The summed E-state index contributed by atoms with van der Waals surface area (Å²) in [5.41, 5.74) is 0. The Morgan fingerprint density at radius 1 is 1.13 bits per heavy atom. The van der Waals surface area contributed by atoms with E-state index in [1.54, 1.807) is 31.1 Å². The molecule has 0 radical (unpaired) electrons. The lowest BCUT2D eigenvalue weighted by Crippen LogP contribution is -2.52. The Morgan fingerprint density at radius 3 is 2.70 bits per heavy atom. The Hall–Kier alpha value is -2.64. The van der Waals surface area contributed by atoms with Crippen molar-refractivity contribution in [2.75, 3.05) is 37.6 Å². The van der Waals surface area contributed by atoms with Crippen LogP contribution in [0.1, 0.15) is 6.42 Å². The van der Waals surface area contributed by atoms with E-state index in [4.69, 9.17) is 0 Å². The SMILES string of the molecule is O=C(NCCCn1ccnc1)N1CCN(c2cnccn2)CC1. The van der Waals surface area contributed by atoms with Crippen molar-refractivity contribution in [3.63, 3.8) is 0 Å². The van der Waals surface area contributed by atoms with Crippen molar-refractivity contribution in [3.05, 3.63) is 37.3 Å². The average Bonchev–Trinajstić information content (AvgIpc) is 3.13. The van der Waals surface area contributed by atoms with Crippen LogP contribution in [0, 0.1) is 0 Å². The molecule has 0 spiro atoms. The molecule has 23 heavy (non-hydrogen) atoms. The molecule has 122 valence electrons. The van der Waals surface area contributed by atoms with Crippen LogP contribution in [0.4, 0.5) is 10.6 Å². The van der Waals surface area contributed by atoms with E-state index in [0.717, 1.165) is 31.9 Å². The number of amides is 2. The topological polar surface area (TPSA) is 79.2 Å². The molecule has 2 aromatic heterocycles. The zero-order valence-corrected chi connectivity index (χ0v) is 13.0. The normalized spacial score (nSPS) is 14.8. The molecule has 2 amide bonds. The fourth-order valence-electron chi connectivity index (χ4n) is 2.58. The van der Waals surface area contributed by atoms with Gasteiger partial charge in [0.2, 0.25) is 0 Å². The van der Waals surface area contributed by atoms with Gasteiger partial charge in [0, 0.05) is 64.1 Å². The number of carbonyl (C=O) groups excluding carboxylic acids is 1. The third-order valence-electron chi connectivity index (χ3n) is 3.87. The summed E-state index contributed by atoms with van der Waals surface area (Å²) in [7, 11) is 0. The van der Waals surface area contributed by atoms with Crippen molar-refractivity contribution >= 4 is 11.8 Å². The van der Waals surface area contributed by atoms with Gasteiger partial charge in [-0.15, -0.1) is 0 Å². The second-order valence-electron chi connectivity index (χ2n) is 5.42. The van der Waals surface area contributed by atoms with Gasteiger partial charge in [-0.2, -0.15) is 0 Å². The molecule has 1 fully saturated rings. The monoisotopic (exact) mass is 315 g/mol. The highest BCUT2D eigenvalue weighted by Crippen LogP contribution is 2.11. The molecule has 0 atom stereocenters. The summed E-state index contributed by atoms with van der Waals surface area (Å²) in [5.74, 6) is 0.868. The molecule has 2 aromatic rings. The van der Waals surface area contributed by atoms with E-state index < -0.39 is 0 Å². The summed E-state index contributed by atoms with van der Waals surface area (Å²) in [6, 6.07) is 0.00873. The summed E-state index contributed by atoms with van der Waals surface area (Å²) >= 11 is 0. The zero-order valence-electron chi connectivity index (χ0n) is 13.0. The Labute approximate surface area is 135 Å². The zero-order chi connectivity index (χ0) is 15.9. The van der Waals surface area contributed by atoms with Crippen molar-refractivity contribution in [1.29, 1.82) is 0 Å². The number of aryl methyl sites for hydroxylation is 1. The van der Waals surface area contributed by atoms with Crippen LogP contribution in [-0.4, -0.2) is 63.2 Å². The minimum absolute atomic E-state index is 0.00873. The first-order chi connectivity index (χ1) is 11.3. The van der Waals surface area contributed by atoms with Crippen LogP contribution in [0.2, 0.25) is 0 Å². The quantitative estimate of drug-likeness (QED) is 0.817. The maximum atomic E-state index is 12.2. The van der Waals surface area contributed by atoms with E-state index >= 15 is 0 Å². The van der Waals surface area contributed by atoms with Crippen molar-refractivity contribution < 1.29 is 4.79 Å². The average molecular weight is 315 g/mol. The third kappa shape index (κ3) is 4.18. The fourth-order valence-corrected chi connectivity index (χ4v) is 2.58. The number of piperazine rings is 1. The maximum absolute atomic E-state index is 12.2. The van der Waals surface area contributed by atoms with Gasteiger partial charge in [0.25, 0.3) is 0 Å². The van der Waals surface area contributed by atoms with Gasteiger partial charge in [-0.25, -0.2) is 14.8 Å². The predicted octanol–water partition coefficient (Wildman–Crippen LogP) is 0.595. The number of urea groups is 1. The molecule has 0 aromatic carbocycles. The highest BCUT2D eigenvalue weighted by Gasteiger charge is 2.21. The summed E-state index contributed by atoms with van der Waals surface area (Å²) in [6.07, 6.45) is 11.5. The Morgan fingerprint density at radius 2 is 2.00 bits per heavy atom. The van der Waals surface area contributed by atoms with E-state index in [-0.39, 0.29) is 6.03 Å². The number of nitrogens with one attached hydrogen (secondary N) is 1. The van der Waals surface area contributed by atoms with E-state index in [9.17, 15) is 4.79 Å². The highest BCUT2D eigenvalue weighted by molar-refractivity contribution is 5.74. The lowest BCUT2D eigenvalue weighted by atomic mass is 10.3. The lowest BCUT2D eigenvalue weighted by Gasteiger charge is -2.35. The van der Waals surface area contributed by atoms with Crippen LogP contribution in [0.3, 0.4) is 0 Å². The number of hydrogen-bond donors (Lipinski definition) is 1. The molecule has 3 rings (SSSR count). The molecule has 0 bridgehead atoms. The fraction of sp³-hybridized carbons (Fsp3) is 0.467. The molecule has 1 aliphatic rings. The molecule has 3 heterocycles. The lowest BCUT2D eigenvalue weighted by molar-refractivity contribution is 0.194. The number of hydrogen-bond acceptors (Lipinski definition) is 5. The van der Waals surface area contributed by atoms with Gasteiger partial charge in [-0.3, -0.25) is 4.98 Å². The summed E-state index contributed by atoms with van der Waals surface area (Å²) in [4.78, 5) is 28.5. The van der Waals surface area contributed by atoms with E-state index in [1.807, 2.05) is 15.7 Å². The summed E-state index contributed by atoms with van der Waals surface area (Å²) in [5, 5.41) is 2.98. The molecule has 1 aliphatic heterocycles. The number of anilines is 1. The van der Waals surface area contributed by atoms with Gasteiger partial charge >= 0.3 is 6.03 Å². The van der Waals surface area contributed by atoms with Gasteiger partial charge in [0.05, 0.1) is 12.5 Å². The van der Waals surface area contributed by atoms with Crippen LogP contribution >= 0.6 is 0 Å². The standard InChI is InChI=1S/C15H21N7O/c23-15(19-2-1-6-20-7-5-17-13-20)22-10-8-21(9-11-22)14-12-16-3-4-18-14/h3-5,7,12-13H,1-2,6,8-11H2,(H,19,23). The van der Waals surface area contributed by atoms with E-state index in [2.05, 4.69) is 25.2 Å². The molecule has 8 nitrogen and oxygen atoms in total. The van der Waals surface area contributed by atoms with E-state index in [0.29, 0.717) is 19.6 Å². The molecule has 0 saturated carbocycles. The first-order valence-corrected chi connectivity index (χ1v) is 7.82. The van der Waals surface area contributed by atoms with Crippen LogP contribution in [0.25, 0.3) is 0 Å². The predicted molar refractivity (Wildman–Crippen MR) is 86.1 cm³/mol. The number of carbonyl (C=O) groups is 1. The minimum Gasteiger partial charge on any atom is -0.352 e. The molecule has 0 aliphatic carbocycles. The summed E-state index contributed by atoms with van der Waals surface area (Å²) in [6.45, 7) is 4.48. The van der Waals surface area contributed by atoms with Crippen molar-refractivity contribution in [1.82, 2.24) is 29.7 Å². The van der Waals surface area contributed by atoms with Crippen molar-refractivity contribution in [2.24, 2.45) is 0 Å². The molecule has 1 saturated heterocycles. The van der Waals surface area contributed by atoms with Gasteiger partial charge in [0.15, 0.2) is 0 Å². The van der Waals surface area contributed by atoms with Gasteiger partial charge in [-0.05, 0) is 6.42 Å². The first-order valence-electron chi connectivity index (χ1n) is 7.82. The third-order valence-corrected chi connectivity index (χ3v) is 3.87. The maximum Gasteiger partial charge on any atom is 0.317 e. The molecular weight excluding hydrogens is 294 g/mol. The number of nitrogens with zero attached hydrogens (tertiary/aromatic N) is 6. The van der Waals surface area contributed by atoms with E-state index in [1.165, 1.54) is 0 Å². The van der Waals surface area contributed by atoms with Crippen molar-refractivity contribution in [2.45, 2.75) is 13.0 Å². The van der Waals surface area contributed by atoms with Crippen LogP contribution < -0.4 is 10.2 Å². The molecular formula is C15H21N7O. The second-order valence-corrected chi connectivity index (χ2v) is 5.42. The molecule has 8 heteroatoms. The molecule has 0 unspecified atom stereocenters. The summed E-state index contributed by atoms with van der Waals surface area (Å²) < 4.78 is 2.01. The number of imidazole rings is 1. The van der Waals surface area contributed by atoms with Crippen LogP contribution in [0.5, 0.6) is 0 Å². The minimum atomic E-state index is 0.00873. The Balaban J connectivity index is 1.36.